The minimum absolute atomic E-state index is 0.526. The van der Waals surface area contributed by atoms with E-state index in [2.05, 4.69) is 25.9 Å². The molecule has 0 spiro atoms. The number of aromatic nitrogens is 2. The summed E-state index contributed by atoms with van der Waals surface area (Å²) in [6.07, 6.45) is 0. The van der Waals surface area contributed by atoms with Gasteiger partial charge in [0.25, 0.3) is 0 Å². The van der Waals surface area contributed by atoms with Crippen LogP contribution in [0.5, 0.6) is 0 Å². The van der Waals surface area contributed by atoms with Crippen molar-refractivity contribution in [3.05, 3.63) is 51.8 Å². The van der Waals surface area contributed by atoms with Gasteiger partial charge in [-0.1, -0.05) is 30.3 Å². The second kappa shape index (κ2) is 5.34. The third-order valence-electron chi connectivity index (χ3n) is 3.02. The molecule has 2 aromatic heterocycles. The highest BCUT2D eigenvalue weighted by atomic mass is 79.9. The normalized spacial score (nSPS) is 10.7. The lowest BCUT2D eigenvalue weighted by atomic mass is 10.1. The lowest BCUT2D eigenvalue weighted by molar-refractivity contribution is 1.16. The number of hydrogen-bond acceptors (Lipinski definition) is 4. The topological polar surface area (TPSA) is 51.8 Å². The molecule has 0 radical (unpaired) electrons. The Labute approximate surface area is 129 Å². The van der Waals surface area contributed by atoms with Gasteiger partial charge in [-0.05, 0) is 28.9 Å². The molecule has 0 saturated carbocycles. The average molecular weight is 346 g/mol. The number of hydrogen-bond donors (Lipinski definition) is 1. The van der Waals surface area contributed by atoms with E-state index in [4.69, 9.17) is 5.73 Å². The maximum Gasteiger partial charge on any atom is 0.172 e. The SMILES string of the molecule is Cc1c(N)nc(-c2cc(Br)cs2)nc1-c1ccccc1. The zero-order chi connectivity index (χ0) is 14.1. The number of benzene rings is 1. The summed E-state index contributed by atoms with van der Waals surface area (Å²) in [5.74, 6) is 1.20. The summed E-state index contributed by atoms with van der Waals surface area (Å²) in [6, 6.07) is 12.0. The highest BCUT2D eigenvalue weighted by Crippen LogP contribution is 2.31. The van der Waals surface area contributed by atoms with Gasteiger partial charge in [-0.25, -0.2) is 9.97 Å². The van der Waals surface area contributed by atoms with Crippen LogP contribution in [0.25, 0.3) is 22.0 Å². The van der Waals surface area contributed by atoms with E-state index < -0.39 is 0 Å². The molecule has 5 heteroatoms. The van der Waals surface area contributed by atoms with Crippen molar-refractivity contribution in [1.29, 1.82) is 0 Å². The fraction of sp³-hybridized carbons (Fsp3) is 0.0667. The number of nitrogens with two attached hydrogens (primary N) is 1. The van der Waals surface area contributed by atoms with Crippen LogP contribution in [-0.4, -0.2) is 9.97 Å². The van der Waals surface area contributed by atoms with Crippen molar-refractivity contribution in [2.45, 2.75) is 6.92 Å². The number of nitrogens with zero attached hydrogens (tertiary/aromatic N) is 2. The molecule has 0 bridgehead atoms. The van der Waals surface area contributed by atoms with Crippen LogP contribution < -0.4 is 5.73 Å². The smallest absolute Gasteiger partial charge is 0.172 e. The minimum Gasteiger partial charge on any atom is -0.383 e. The van der Waals surface area contributed by atoms with Gasteiger partial charge < -0.3 is 5.73 Å². The van der Waals surface area contributed by atoms with Gasteiger partial charge in [0, 0.05) is 21.0 Å². The molecule has 3 rings (SSSR count). The van der Waals surface area contributed by atoms with Crippen LogP contribution in [-0.2, 0) is 0 Å². The molecule has 3 aromatic rings. The van der Waals surface area contributed by atoms with E-state index in [9.17, 15) is 0 Å². The highest BCUT2D eigenvalue weighted by Gasteiger charge is 2.13. The fourth-order valence-electron chi connectivity index (χ4n) is 1.95. The first-order valence-corrected chi connectivity index (χ1v) is 7.76. The lowest BCUT2D eigenvalue weighted by Gasteiger charge is -2.09. The Morgan fingerprint density at radius 2 is 1.90 bits per heavy atom. The molecule has 1 aromatic carbocycles. The Balaban J connectivity index is 2.18. The lowest BCUT2D eigenvalue weighted by Crippen LogP contribution is -2.01. The molecule has 0 unspecified atom stereocenters. The van der Waals surface area contributed by atoms with E-state index in [-0.39, 0.29) is 0 Å². The van der Waals surface area contributed by atoms with Crippen LogP contribution in [0.2, 0.25) is 0 Å². The molecule has 100 valence electrons. The van der Waals surface area contributed by atoms with E-state index in [1.807, 2.05) is 48.7 Å². The molecule has 0 aliphatic carbocycles. The first-order chi connectivity index (χ1) is 9.65. The predicted molar refractivity (Wildman–Crippen MR) is 87.6 cm³/mol. The molecule has 2 heterocycles. The standard InChI is InChI=1S/C15H12BrN3S/c1-9-13(10-5-3-2-4-6-10)18-15(19-14(9)17)12-7-11(16)8-20-12/h2-8H,1H3,(H2,17,18,19). The van der Waals surface area contributed by atoms with Crippen molar-refractivity contribution in [2.75, 3.05) is 5.73 Å². The molecular formula is C15H12BrN3S. The molecule has 0 saturated heterocycles. The maximum atomic E-state index is 6.04. The van der Waals surface area contributed by atoms with Gasteiger partial charge in [0.1, 0.15) is 5.82 Å². The van der Waals surface area contributed by atoms with Crippen molar-refractivity contribution < 1.29 is 0 Å². The first kappa shape index (κ1) is 13.3. The van der Waals surface area contributed by atoms with Gasteiger partial charge in [-0.3, -0.25) is 0 Å². The van der Waals surface area contributed by atoms with E-state index in [1.165, 1.54) is 0 Å². The number of nitrogen functional groups attached to an aromatic ring is 1. The van der Waals surface area contributed by atoms with Gasteiger partial charge >= 0.3 is 0 Å². The summed E-state index contributed by atoms with van der Waals surface area (Å²) < 4.78 is 1.03. The Bertz CT molecular complexity index is 753. The van der Waals surface area contributed by atoms with Crippen LogP contribution in [0.3, 0.4) is 0 Å². The van der Waals surface area contributed by atoms with E-state index >= 15 is 0 Å². The number of halogens is 1. The maximum absolute atomic E-state index is 6.04. The Morgan fingerprint density at radius 1 is 1.15 bits per heavy atom. The predicted octanol–water partition coefficient (Wildman–Crippen LogP) is 4.53. The van der Waals surface area contributed by atoms with Crippen LogP contribution in [0, 0.1) is 6.92 Å². The van der Waals surface area contributed by atoms with Crippen molar-refractivity contribution >= 4 is 33.1 Å². The van der Waals surface area contributed by atoms with Crippen molar-refractivity contribution in [1.82, 2.24) is 9.97 Å². The van der Waals surface area contributed by atoms with E-state index in [1.54, 1.807) is 11.3 Å². The minimum atomic E-state index is 0.526. The summed E-state index contributed by atoms with van der Waals surface area (Å²) >= 11 is 5.04. The van der Waals surface area contributed by atoms with E-state index in [0.717, 1.165) is 26.2 Å². The largest absolute Gasteiger partial charge is 0.383 e. The second-order valence-electron chi connectivity index (χ2n) is 4.40. The summed E-state index contributed by atoms with van der Waals surface area (Å²) in [7, 11) is 0. The number of anilines is 1. The number of thiophene rings is 1. The molecule has 0 atom stereocenters. The van der Waals surface area contributed by atoms with Gasteiger partial charge in [0.2, 0.25) is 0 Å². The molecule has 0 aliphatic rings. The Kier molecular flexibility index (Phi) is 3.54. The third kappa shape index (κ3) is 2.46. The molecule has 3 nitrogen and oxygen atoms in total. The number of rotatable bonds is 2. The average Bonchev–Trinajstić information content (AvgIpc) is 2.89. The van der Waals surface area contributed by atoms with Crippen molar-refractivity contribution in [2.24, 2.45) is 0 Å². The van der Waals surface area contributed by atoms with Crippen LogP contribution >= 0.6 is 27.3 Å². The summed E-state index contributed by atoms with van der Waals surface area (Å²) in [6.45, 7) is 1.95. The van der Waals surface area contributed by atoms with Crippen molar-refractivity contribution in [3.63, 3.8) is 0 Å². The summed E-state index contributed by atoms with van der Waals surface area (Å²) in [5.41, 5.74) is 8.90. The molecule has 0 fully saturated rings. The third-order valence-corrected chi connectivity index (χ3v) is 4.71. The van der Waals surface area contributed by atoms with Crippen LogP contribution in [0.1, 0.15) is 5.56 Å². The van der Waals surface area contributed by atoms with Gasteiger partial charge in [-0.15, -0.1) is 11.3 Å². The molecule has 20 heavy (non-hydrogen) atoms. The van der Waals surface area contributed by atoms with Gasteiger partial charge in [0.15, 0.2) is 5.82 Å². The second-order valence-corrected chi connectivity index (χ2v) is 6.23. The Hall–Kier alpha value is -1.72. The molecule has 0 amide bonds. The van der Waals surface area contributed by atoms with Gasteiger partial charge in [0.05, 0.1) is 10.6 Å². The first-order valence-electron chi connectivity index (χ1n) is 6.09. The summed E-state index contributed by atoms with van der Waals surface area (Å²) in [4.78, 5) is 10.1. The summed E-state index contributed by atoms with van der Waals surface area (Å²) in [5, 5.41) is 2.01. The quantitative estimate of drug-likeness (QED) is 0.742. The van der Waals surface area contributed by atoms with Crippen LogP contribution in [0.4, 0.5) is 5.82 Å². The molecule has 2 N–H and O–H groups in total. The monoisotopic (exact) mass is 345 g/mol. The fourth-order valence-corrected chi connectivity index (χ4v) is 3.31. The van der Waals surface area contributed by atoms with Crippen molar-refractivity contribution in [3.8, 4) is 22.0 Å². The van der Waals surface area contributed by atoms with E-state index in [0.29, 0.717) is 11.6 Å². The Morgan fingerprint density at radius 3 is 2.55 bits per heavy atom. The zero-order valence-corrected chi connectivity index (χ0v) is 13.2. The van der Waals surface area contributed by atoms with Crippen LogP contribution in [0.15, 0.2) is 46.3 Å². The molecular weight excluding hydrogens is 334 g/mol. The molecule has 0 aliphatic heterocycles. The highest BCUT2D eigenvalue weighted by molar-refractivity contribution is 9.10. The van der Waals surface area contributed by atoms with Gasteiger partial charge in [-0.2, -0.15) is 0 Å². The zero-order valence-electron chi connectivity index (χ0n) is 10.8.